The van der Waals surface area contributed by atoms with E-state index in [0.717, 1.165) is 26.3 Å². The summed E-state index contributed by atoms with van der Waals surface area (Å²) in [4.78, 5) is 2.15. The van der Waals surface area contributed by atoms with Crippen LogP contribution in [0.2, 0.25) is 0 Å². The third-order valence-electron chi connectivity index (χ3n) is 1.56. The van der Waals surface area contributed by atoms with Gasteiger partial charge in [0.1, 0.15) is 0 Å². The lowest BCUT2D eigenvalue weighted by molar-refractivity contribution is 0.0433. The largest absolute Gasteiger partial charge is 0.379 e. The van der Waals surface area contributed by atoms with E-state index in [2.05, 4.69) is 4.90 Å². The van der Waals surface area contributed by atoms with Gasteiger partial charge >= 0.3 is 0 Å². The highest BCUT2D eigenvalue weighted by Crippen LogP contribution is 1.95. The van der Waals surface area contributed by atoms with Gasteiger partial charge in [-0.05, 0) is 6.08 Å². The smallest absolute Gasteiger partial charge is 0.0839 e. The number of hydrogen-bond donors (Lipinski definition) is 0. The van der Waals surface area contributed by atoms with Crippen molar-refractivity contribution in [2.45, 2.75) is 0 Å². The Morgan fingerprint density at radius 2 is 2.10 bits per heavy atom. The minimum atomic E-state index is 0.593. The van der Waals surface area contributed by atoms with Gasteiger partial charge in [0, 0.05) is 19.6 Å². The molecule has 1 saturated heterocycles. The van der Waals surface area contributed by atoms with Gasteiger partial charge in [-0.2, -0.15) is 0 Å². The second-order valence-corrected chi connectivity index (χ2v) is 2.27. The third-order valence-corrected chi connectivity index (χ3v) is 1.56. The van der Waals surface area contributed by atoms with Crippen molar-refractivity contribution in [3.63, 3.8) is 0 Å². The van der Waals surface area contributed by atoms with Crippen LogP contribution < -0.4 is 0 Å². The molecule has 1 rings (SSSR count). The van der Waals surface area contributed by atoms with Crippen LogP contribution in [0, 0.1) is 0 Å². The van der Waals surface area contributed by atoms with Crippen LogP contribution in [0.15, 0.2) is 12.4 Å². The molecule has 0 saturated carbocycles. The fourth-order valence-corrected chi connectivity index (χ4v) is 0.973. The van der Waals surface area contributed by atoms with Crippen molar-refractivity contribution in [3.8, 4) is 0 Å². The van der Waals surface area contributed by atoms with Gasteiger partial charge in [-0.1, -0.05) is 0 Å². The minimum absolute atomic E-state index is 0.593. The number of morpholine rings is 1. The SMILES string of the molecule is F/C=C/CN1CCOCC1. The van der Waals surface area contributed by atoms with E-state index in [1.807, 2.05) is 0 Å². The molecule has 0 aromatic carbocycles. The van der Waals surface area contributed by atoms with Crippen molar-refractivity contribution >= 4 is 0 Å². The predicted octanol–water partition coefficient (Wildman–Crippen LogP) is 0.802. The van der Waals surface area contributed by atoms with E-state index >= 15 is 0 Å². The molecule has 0 spiro atoms. The fraction of sp³-hybridized carbons (Fsp3) is 0.714. The zero-order chi connectivity index (χ0) is 7.23. The molecule has 0 amide bonds. The Labute approximate surface area is 60.3 Å². The number of rotatable bonds is 2. The summed E-state index contributed by atoms with van der Waals surface area (Å²) in [7, 11) is 0. The lowest BCUT2D eigenvalue weighted by Gasteiger charge is -2.24. The van der Waals surface area contributed by atoms with Crippen LogP contribution in [0.25, 0.3) is 0 Å². The van der Waals surface area contributed by atoms with Crippen LogP contribution in [-0.2, 0) is 4.74 Å². The topological polar surface area (TPSA) is 12.5 Å². The summed E-state index contributed by atoms with van der Waals surface area (Å²) < 4.78 is 16.6. The fourth-order valence-electron chi connectivity index (χ4n) is 0.973. The maximum Gasteiger partial charge on any atom is 0.0839 e. The molecule has 1 fully saturated rings. The van der Waals surface area contributed by atoms with E-state index in [1.165, 1.54) is 6.08 Å². The Hall–Kier alpha value is -0.410. The molecule has 0 N–H and O–H groups in total. The Morgan fingerprint density at radius 3 is 2.70 bits per heavy atom. The van der Waals surface area contributed by atoms with Crippen LogP contribution in [0.4, 0.5) is 4.39 Å². The molecular formula is C7H12FNO. The maximum absolute atomic E-state index is 11.5. The average Bonchev–Trinajstić information content (AvgIpc) is 2.03. The Kier molecular flexibility index (Phi) is 3.40. The van der Waals surface area contributed by atoms with Gasteiger partial charge in [-0.15, -0.1) is 0 Å². The molecule has 0 bridgehead atoms. The van der Waals surface area contributed by atoms with Crippen molar-refractivity contribution in [1.29, 1.82) is 0 Å². The first-order valence-corrected chi connectivity index (χ1v) is 3.49. The van der Waals surface area contributed by atoms with E-state index in [-0.39, 0.29) is 0 Å². The Balaban J connectivity index is 2.13. The molecule has 2 nitrogen and oxygen atoms in total. The molecular weight excluding hydrogens is 133 g/mol. The molecule has 3 heteroatoms. The van der Waals surface area contributed by atoms with Gasteiger partial charge in [-0.3, -0.25) is 4.90 Å². The highest BCUT2D eigenvalue weighted by Gasteiger charge is 2.07. The van der Waals surface area contributed by atoms with Gasteiger partial charge < -0.3 is 4.74 Å². The summed E-state index contributed by atoms with van der Waals surface area (Å²) in [6, 6.07) is 0. The highest BCUT2D eigenvalue weighted by molar-refractivity contribution is 4.78. The first-order chi connectivity index (χ1) is 4.93. The standard InChI is InChI=1S/C7H12FNO/c8-2-1-3-9-4-6-10-7-5-9/h1-2H,3-7H2/b2-1+. The van der Waals surface area contributed by atoms with Gasteiger partial charge in [0.15, 0.2) is 0 Å². The van der Waals surface area contributed by atoms with Gasteiger partial charge in [0.05, 0.1) is 19.5 Å². The van der Waals surface area contributed by atoms with E-state index in [4.69, 9.17) is 4.74 Å². The summed E-state index contributed by atoms with van der Waals surface area (Å²) in [6.45, 7) is 4.11. The van der Waals surface area contributed by atoms with Crippen LogP contribution in [0.3, 0.4) is 0 Å². The number of halogens is 1. The zero-order valence-corrected chi connectivity index (χ0v) is 5.92. The summed E-state index contributed by atoms with van der Waals surface area (Å²) in [5, 5.41) is 0. The molecule has 0 unspecified atom stereocenters. The van der Waals surface area contributed by atoms with Crippen LogP contribution in [-0.4, -0.2) is 37.7 Å². The first kappa shape index (κ1) is 7.69. The Morgan fingerprint density at radius 1 is 1.40 bits per heavy atom. The molecule has 1 heterocycles. The molecule has 0 aromatic rings. The molecule has 1 aliphatic heterocycles. The third kappa shape index (κ3) is 2.45. The van der Waals surface area contributed by atoms with Crippen LogP contribution in [0.5, 0.6) is 0 Å². The highest BCUT2D eigenvalue weighted by atomic mass is 19.1. The van der Waals surface area contributed by atoms with E-state index in [0.29, 0.717) is 12.9 Å². The van der Waals surface area contributed by atoms with Crippen molar-refractivity contribution in [2.24, 2.45) is 0 Å². The van der Waals surface area contributed by atoms with E-state index in [1.54, 1.807) is 0 Å². The maximum atomic E-state index is 11.5. The monoisotopic (exact) mass is 145 g/mol. The summed E-state index contributed by atoms with van der Waals surface area (Å²) in [5.41, 5.74) is 0. The van der Waals surface area contributed by atoms with Gasteiger partial charge in [0.25, 0.3) is 0 Å². The minimum Gasteiger partial charge on any atom is -0.379 e. The molecule has 10 heavy (non-hydrogen) atoms. The molecule has 0 atom stereocenters. The van der Waals surface area contributed by atoms with Gasteiger partial charge in [0.2, 0.25) is 0 Å². The lowest BCUT2D eigenvalue weighted by Crippen LogP contribution is -2.36. The lowest BCUT2D eigenvalue weighted by atomic mass is 10.4. The van der Waals surface area contributed by atoms with Crippen LogP contribution in [0.1, 0.15) is 0 Å². The van der Waals surface area contributed by atoms with Crippen LogP contribution >= 0.6 is 0 Å². The van der Waals surface area contributed by atoms with Gasteiger partial charge in [-0.25, -0.2) is 4.39 Å². The molecule has 0 radical (unpaired) electrons. The van der Waals surface area contributed by atoms with Crippen molar-refractivity contribution < 1.29 is 9.13 Å². The van der Waals surface area contributed by atoms with E-state index < -0.39 is 0 Å². The van der Waals surface area contributed by atoms with E-state index in [9.17, 15) is 4.39 Å². The molecule has 0 aliphatic carbocycles. The van der Waals surface area contributed by atoms with Crippen molar-refractivity contribution in [2.75, 3.05) is 32.8 Å². The number of hydrogen-bond acceptors (Lipinski definition) is 2. The molecule has 1 aliphatic rings. The molecule has 58 valence electrons. The van der Waals surface area contributed by atoms with Crippen molar-refractivity contribution in [1.82, 2.24) is 4.90 Å². The summed E-state index contributed by atoms with van der Waals surface area (Å²) >= 11 is 0. The normalized spacial score (nSPS) is 22.1. The molecule has 0 aromatic heterocycles. The predicted molar refractivity (Wildman–Crippen MR) is 37.5 cm³/mol. The Bertz CT molecular complexity index is 110. The number of ether oxygens (including phenoxy) is 1. The second-order valence-electron chi connectivity index (χ2n) is 2.27. The quantitative estimate of drug-likeness (QED) is 0.570. The average molecular weight is 145 g/mol. The number of nitrogens with zero attached hydrogens (tertiary/aromatic N) is 1. The summed E-state index contributed by atoms with van der Waals surface area (Å²) in [6.07, 6.45) is 2.11. The van der Waals surface area contributed by atoms with Crippen molar-refractivity contribution in [3.05, 3.63) is 12.4 Å². The zero-order valence-electron chi connectivity index (χ0n) is 5.92. The second kappa shape index (κ2) is 4.41. The first-order valence-electron chi connectivity index (χ1n) is 3.49. The summed E-state index contributed by atoms with van der Waals surface area (Å²) in [5.74, 6) is 0.